The lowest BCUT2D eigenvalue weighted by Crippen LogP contribution is -2.52. The van der Waals surface area contributed by atoms with E-state index in [1.807, 2.05) is 4.90 Å². The third-order valence-electron chi connectivity index (χ3n) is 3.59. The van der Waals surface area contributed by atoms with Gasteiger partial charge in [-0.1, -0.05) is 0 Å². The van der Waals surface area contributed by atoms with Crippen LogP contribution in [0.5, 0.6) is 0 Å². The van der Waals surface area contributed by atoms with Gasteiger partial charge in [-0.15, -0.1) is 0 Å². The molecule has 2 heterocycles. The van der Waals surface area contributed by atoms with E-state index in [4.69, 9.17) is 9.47 Å². The number of piperidine rings is 1. The Morgan fingerprint density at radius 2 is 1.94 bits per heavy atom. The van der Waals surface area contributed by atoms with Crippen molar-refractivity contribution in [3.05, 3.63) is 0 Å². The van der Waals surface area contributed by atoms with Gasteiger partial charge in [0.2, 0.25) is 0 Å². The Hall–Kier alpha value is -0.690. The van der Waals surface area contributed by atoms with Crippen LogP contribution in [0, 0.1) is 0 Å². The molecule has 0 aromatic carbocycles. The highest BCUT2D eigenvalue weighted by Crippen LogP contribution is 2.31. The fourth-order valence-corrected chi connectivity index (χ4v) is 2.56. The largest absolute Gasteiger partial charge is 0.467 e. The van der Waals surface area contributed by atoms with Crippen molar-refractivity contribution in [1.29, 1.82) is 0 Å². The summed E-state index contributed by atoms with van der Waals surface area (Å²) >= 11 is 0. The normalized spacial score (nSPS) is 27.1. The van der Waals surface area contributed by atoms with E-state index in [-0.39, 0.29) is 6.54 Å². The molecule has 2 fully saturated rings. The second-order valence-electron chi connectivity index (χ2n) is 5.15. The second-order valence-corrected chi connectivity index (χ2v) is 5.15. The maximum absolute atomic E-state index is 11.4. The Balaban J connectivity index is 1.85. The molecule has 1 unspecified atom stereocenters. The summed E-state index contributed by atoms with van der Waals surface area (Å²) in [5.41, 5.74) is -1.46. The Labute approximate surface area is 107 Å². The predicted octanol–water partition coefficient (Wildman–Crippen LogP) is -0.251. The van der Waals surface area contributed by atoms with Crippen molar-refractivity contribution in [2.24, 2.45) is 0 Å². The van der Waals surface area contributed by atoms with E-state index in [1.54, 1.807) is 0 Å². The van der Waals surface area contributed by atoms with Crippen LogP contribution in [0.15, 0.2) is 0 Å². The van der Waals surface area contributed by atoms with Crippen molar-refractivity contribution in [1.82, 2.24) is 4.90 Å². The standard InChI is InChI=1S/C12H21NO5/c1-11(15,10(14)16-2)9-13-5-3-12(4-6-13)17-7-8-18-12/h15H,3-9H2,1-2H3. The summed E-state index contributed by atoms with van der Waals surface area (Å²) in [5.74, 6) is -1.02. The molecule has 1 spiro atoms. The number of methoxy groups -OCH3 is 1. The number of esters is 1. The van der Waals surface area contributed by atoms with Crippen LogP contribution in [-0.2, 0) is 19.0 Å². The lowest BCUT2D eigenvalue weighted by molar-refractivity contribution is -0.190. The summed E-state index contributed by atoms with van der Waals surface area (Å²) in [6.45, 7) is 4.54. The third kappa shape index (κ3) is 2.83. The number of rotatable bonds is 3. The number of aliphatic hydroxyl groups is 1. The Morgan fingerprint density at radius 3 is 2.44 bits per heavy atom. The summed E-state index contributed by atoms with van der Waals surface area (Å²) in [6.07, 6.45) is 1.54. The number of β-amino-alcohol motifs (C(OH)–C–C–N with tert-alkyl or cyclic N) is 1. The maximum atomic E-state index is 11.4. The van der Waals surface area contributed by atoms with Crippen molar-refractivity contribution in [2.45, 2.75) is 31.2 Å². The van der Waals surface area contributed by atoms with E-state index in [1.165, 1.54) is 14.0 Å². The van der Waals surface area contributed by atoms with Crippen molar-refractivity contribution in [2.75, 3.05) is 40.0 Å². The molecule has 2 aliphatic rings. The van der Waals surface area contributed by atoms with Crippen molar-refractivity contribution >= 4 is 5.97 Å². The predicted molar refractivity (Wildman–Crippen MR) is 62.9 cm³/mol. The number of likely N-dealkylation sites (tertiary alicyclic amines) is 1. The molecule has 0 aliphatic carbocycles. The van der Waals surface area contributed by atoms with Gasteiger partial charge in [0.25, 0.3) is 0 Å². The zero-order valence-corrected chi connectivity index (χ0v) is 11.0. The zero-order chi connectivity index (χ0) is 13.2. The van der Waals surface area contributed by atoms with Crippen LogP contribution < -0.4 is 0 Å². The van der Waals surface area contributed by atoms with Crippen molar-refractivity contribution in [3.8, 4) is 0 Å². The molecule has 0 radical (unpaired) electrons. The van der Waals surface area contributed by atoms with Gasteiger partial charge in [0.05, 0.1) is 20.3 Å². The molecule has 2 rings (SSSR count). The molecule has 0 saturated carbocycles. The molecule has 0 aromatic rings. The van der Waals surface area contributed by atoms with Crippen LogP contribution in [0.1, 0.15) is 19.8 Å². The van der Waals surface area contributed by atoms with E-state index >= 15 is 0 Å². The fraction of sp³-hybridized carbons (Fsp3) is 0.917. The number of hydrogen-bond acceptors (Lipinski definition) is 6. The number of carbonyl (C=O) groups excluding carboxylic acids is 1. The summed E-state index contributed by atoms with van der Waals surface area (Å²) in [6, 6.07) is 0. The van der Waals surface area contributed by atoms with Gasteiger partial charge in [-0.25, -0.2) is 4.79 Å². The molecule has 0 amide bonds. The Kier molecular flexibility index (Phi) is 3.91. The van der Waals surface area contributed by atoms with E-state index in [0.717, 1.165) is 25.9 Å². The maximum Gasteiger partial charge on any atom is 0.338 e. The van der Waals surface area contributed by atoms with Crippen molar-refractivity contribution in [3.63, 3.8) is 0 Å². The van der Waals surface area contributed by atoms with E-state index in [2.05, 4.69) is 4.74 Å². The molecule has 6 heteroatoms. The monoisotopic (exact) mass is 259 g/mol. The molecular weight excluding hydrogens is 238 g/mol. The van der Waals surface area contributed by atoms with Gasteiger partial charge in [0.1, 0.15) is 0 Å². The van der Waals surface area contributed by atoms with Crippen LogP contribution in [0.4, 0.5) is 0 Å². The van der Waals surface area contributed by atoms with Gasteiger partial charge < -0.3 is 19.3 Å². The first-order chi connectivity index (χ1) is 8.47. The molecule has 2 saturated heterocycles. The quantitative estimate of drug-likeness (QED) is 0.705. The summed E-state index contributed by atoms with van der Waals surface area (Å²) in [7, 11) is 1.28. The van der Waals surface area contributed by atoms with E-state index in [9.17, 15) is 9.90 Å². The first kappa shape index (κ1) is 13.7. The zero-order valence-electron chi connectivity index (χ0n) is 11.0. The van der Waals surface area contributed by atoms with Gasteiger partial charge in [0, 0.05) is 32.5 Å². The molecular formula is C12H21NO5. The highest BCUT2D eigenvalue weighted by atomic mass is 16.7. The number of ether oxygens (including phenoxy) is 3. The topological polar surface area (TPSA) is 68.2 Å². The molecule has 0 bridgehead atoms. The van der Waals surface area contributed by atoms with Gasteiger partial charge in [-0.2, -0.15) is 0 Å². The van der Waals surface area contributed by atoms with Crippen molar-refractivity contribution < 1.29 is 24.1 Å². The van der Waals surface area contributed by atoms with Crippen LogP contribution in [0.25, 0.3) is 0 Å². The van der Waals surface area contributed by atoms with E-state index in [0.29, 0.717) is 13.2 Å². The molecule has 1 atom stereocenters. The molecule has 104 valence electrons. The van der Waals surface area contributed by atoms with Gasteiger partial charge in [0.15, 0.2) is 11.4 Å². The average Bonchev–Trinajstić information content (AvgIpc) is 2.80. The number of carbonyl (C=O) groups is 1. The molecule has 2 aliphatic heterocycles. The lowest BCUT2D eigenvalue weighted by Gasteiger charge is -2.39. The molecule has 0 aromatic heterocycles. The minimum Gasteiger partial charge on any atom is -0.467 e. The summed E-state index contributed by atoms with van der Waals surface area (Å²) in [5, 5.41) is 10.0. The first-order valence-corrected chi connectivity index (χ1v) is 6.29. The molecule has 1 N–H and O–H groups in total. The second kappa shape index (κ2) is 5.13. The van der Waals surface area contributed by atoms with E-state index < -0.39 is 17.4 Å². The van der Waals surface area contributed by atoms with Crippen LogP contribution in [0.3, 0.4) is 0 Å². The highest BCUT2D eigenvalue weighted by Gasteiger charge is 2.42. The first-order valence-electron chi connectivity index (χ1n) is 6.29. The smallest absolute Gasteiger partial charge is 0.338 e. The number of nitrogens with zero attached hydrogens (tertiary/aromatic N) is 1. The highest BCUT2D eigenvalue weighted by molar-refractivity contribution is 5.78. The molecule has 18 heavy (non-hydrogen) atoms. The molecule has 6 nitrogen and oxygen atoms in total. The van der Waals surface area contributed by atoms with Crippen LogP contribution >= 0.6 is 0 Å². The minimum atomic E-state index is -1.46. The minimum absolute atomic E-state index is 0.274. The SMILES string of the molecule is COC(=O)C(C)(O)CN1CCC2(CC1)OCCO2. The average molecular weight is 259 g/mol. The third-order valence-corrected chi connectivity index (χ3v) is 3.59. The Morgan fingerprint density at radius 1 is 1.39 bits per heavy atom. The Bertz CT molecular complexity index is 302. The lowest BCUT2D eigenvalue weighted by atomic mass is 10.0. The number of hydrogen-bond donors (Lipinski definition) is 1. The van der Waals surface area contributed by atoms with Crippen LogP contribution in [-0.4, -0.2) is 67.3 Å². The van der Waals surface area contributed by atoms with Gasteiger partial charge in [-0.3, -0.25) is 4.90 Å². The van der Waals surface area contributed by atoms with Crippen LogP contribution in [0.2, 0.25) is 0 Å². The summed E-state index contributed by atoms with van der Waals surface area (Å²) < 4.78 is 15.8. The summed E-state index contributed by atoms with van der Waals surface area (Å²) in [4.78, 5) is 13.4. The van der Waals surface area contributed by atoms with Gasteiger partial charge in [-0.05, 0) is 6.92 Å². The fourth-order valence-electron chi connectivity index (χ4n) is 2.56. The van der Waals surface area contributed by atoms with Gasteiger partial charge >= 0.3 is 5.97 Å².